The van der Waals surface area contributed by atoms with Crippen molar-refractivity contribution in [2.45, 2.75) is 35.7 Å². The molecule has 1 unspecified atom stereocenters. The largest absolute Gasteiger partial charge is 0.348 e. The minimum atomic E-state index is -4.24. The number of carbonyl (C=O) groups excluding carboxylic acids is 1. The van der Waals surface area contributed by atoms with Gasteiger partial charge in [-0.3, -0.25) is 4.79 Å². The standard InChI is InChI=1S/C17H20FN3O5S2/c1-11(13-6-5-7-14(10-13)27(19,23)24)20-17(22)12(2)21-28(25,26)16-9-4-3-8-15(16)18/h3-12,21H,1-2H3,(H,20,22)(H2,19,23,24)/t11?,12-/m0/s1. The molecule has 1 amide bonds. The molecular formula is C17H20FN3O5S2. The first-order valence-corrected chi connectivity index (χ1v) is 11.1. The smallest absolute Gasteiger partial charge is 0.244 e. The van der Waals surface area contributed by atoms with Gasteiger partial charge in [0.15, 0.2) is 0 Å². The van der Waals surface area contributed by atoms with E-state index < -0.39 is 48.8 Å². The maximum absolute atomic E-state index is 13.7. The number of primary sulfonamides is 1. The molecule has 0 aliphatic carbocycles. The van der Waals surface area contributed by atoms with Gasteiger partial charge in [0.05, 0.1) is 17.0 Å². The molecule has 0 bridgehead atoms. The summed E-state index contributed by atoms with van der Waals surface area (Å²) in [5, 5.41) is 7.66. The second kappa shape index (κ2) is 8.35. The van der Waals surface area contributed by atoms with Crippen LogP contribution in [0.4, 0.5) is 4.39 Å². The number of sulfonamides is 2. The Kier molecular flexibility index (Phi) is 6.55. The topological polar surface area (TPSA) is 135 Å². The van der Waals surface area contributed by atoms with Crippen LogP contribution in [0.15, 0.2) is 58.3 Å². The lowest BCUT2D eigenvalue weighted by Gasteiger charge is -2.19. The summed E-state index contributed by atoms with van der Waals surface area (Å²) in [6.45, 7) is 2.90. The van der Waals surface area contributed by atoms with Crippen molar-refractivity contribution in [1.82, 2.24) is 10.0 Å². The fourth-order valence-electron chi connectivity index (χ4n) is 2.39. The number of nitrogens with two attached hydrogens (primary N) is 1. The third-order valence-corrected chi connectivity index (χ3v) is 6.38. The Morgan fingerprint density at radius 2 is 1.68 bits per heavy atom. The number of hydrogen-bond acceptors (Lipinski definition) is 5. The van der Waals surface area contributed by atoms with Crippen LogP contribution in [-0.4, -0.2) is 28.8 Å². The van der Waals surface area contributed by atoms with E-state index in [-0.39, 0.29) is 4.90 Å². The van der Waals surface area contributed by atoms with E-state index in [1.54, 1.807) is 13.0 Å². The Bertz CT molecular complexity index is 1090. The van der Waals surface area contributed by atoms with Crippen molar-refractivity contribution in [3.8, 4) is 0 Å². The number of halogens is 1. The first-order chi connectivity index (χ1) is 12.9. The lowest BCUT2D eigenvalue weighted by molar-refractivity contribution is -0.123. The van der Waals surface area contributed by atoms with E-state index >= 15 is 0 Å². The predicted molar refractivity (Wildman–Crippen MR) is 101 cm³/mol. The van der Waals surface area contributed by atoms with Gasteiger partial charge in [-0.1, -0.05) is 24.3 Å². The molecule has 11 heteroatoms. The van der Waals surface area contributed by atoms with Crippen LogP contribution < -0.4 is 15.2 Å². The van der Waals surface area contributed by atoms with Crippen LogP contribution in [0.2, 0.25) is 0 Å². The summed E-state index contributed by atoms with van der Waals surface area (Å²) in [6.07, 6.45) is 0. The average molecular weight is 429 g/mol. The number of carbonyl (C=O) groups is 1. The molecule has 0 saturated carbocycles. The molecule has 0 aliphatic heterocycles. The van der Waals surface area contributed by atoms with E-state index in [0.29, 0.717) is 5.56 Å². The molecule has 0 aliphatic rings. The minimum absolute atomic E-state index is 0.112. The summed E-state index contributed by atoms with van der Waals surface area (Å²) in [5.41, 5.74) is 0.462. The zero-order chi connectivity index (χ0) is 21.1. The van der Waals surface area contributed by atoms with E-state index in [1.807, 2.05) is 0 Å². The average Bonchev–Trinajstić information content (AvgIpc) is 2.60. The highest BCUT2D eigenvalue weighted by atomic mass is 32.2. The number of hydrogen-bond donors (Lipinski definition) is 3. The van der Waals surface area contributed by atoms with Crippen molar-refractivity contribution < 1.29 is 26.0 Å². The molecular weight excluding hydrogens is 409 g/mol. The minimum Gasteiger partial charge on any atom is -0.348 e. The Morgan fingerprint density at radius 3 is 2.29 bits per heavy atom. The van der Waals surface area contributed by atoms with E-state index in [1.165, 1.54) is 37.3 Å². The summed E-state index contributed by atoms with van der Waals surface area (Å²) < 4.78 is 63.2. The van der Waals surface area contributed by atoms with E-state index in [2.05, 4.69) is 10.0 Å². The third-order valence-electron chi connectivity index (χ3n) is 3.90. The zero-order valence-corrected chi connectivity index (χ0v) is 16.7. The maximum Gasteiger partial charge on any atom is 0.244 e. The van der Waals surface area contributed by atoms with Gasteiger partial charge in [-0.2, -0.15) is 4.72 Å². The third kappa shape index (κ3) is 5.35. The molecule has 0 radical (unpaired) electrons. The molecule has 0 spiro atoms. The van der Waals surface area contributed by atoms with Gasteiger partial charge in [0.25, 0.3) is 0 Å². The van der Waals surface area contributed by atoms with Gasteiger partial charge >= 0.3 is 0 Å². The summed E-state index contributed by atoms with van der Waals surface area (Å²) in [6, 6.07) is 8.67. The van der Waals surface area contributed by atoms with Crippen LogP contribution >= 0.6 is 0 Å². The molecule has 28 heavy (non-hydrogen) atoms. The molecule has 4 N–H and O–H groups in total. The second-order valence-corrected chi connectivity index (χ2v) is 9.36. The number of nitrogens with one attached hydrogen (secondary N) is 2. The summed E-state index contributed by atoms with van der Waals surface area (Å²) in [4.78, 5) is 11.6. The zero-order valence-electron chi connectivity index (χ0n) is 15.1. The van der Waals surface area contributed by atoms with E-state index in [0.717, 1.165) is 12.1 Å². The van der Waals surface area contributed by atoms with Crippen molar-refractivity contribution in [3.05, 3.63) is 59.9 Å². The summed E-state index contributed by atoms with van der Waals surface area (Å²) in [5.74, 6) is -1.61. The van der Waals surface area contributed by atoms with Gasteiger partial charge in [-0.15, -0.1) is 0 Å². The molecule has 0 aromatic heterocycles. The van der Waals surface area contributed by atoms with Crippen LogP contribution in [0, 0.1) is 5.82 Å². The van der Waals surface area contributed by atoms with Crippen LogP contribution in [0.1, 0.15) is 25.5 Å². The van der Waals surface area contributed by atoms with Crippen molar-refractivity contribution in [2.75, 3.05) is 0 Å². The molecule has 0 fully saturated rings. The van der Waals surface area contributed by atoms with E-state index in [9.17, 15) is 26.0 Å². The van der Waals surface area contributed by atoms with Crippen molar-refractivity contribution in [3.63, 3.8) is 0 Å². The Hall–Kier alpha value is -2.34. The first kappa shape index (κ1) is 22.0. The molecule has 8 nitrogen and oxygen atoms in total. The van der Waals surface area contributed by atoms with Crippen molar-refractivity contribution >= 4 is 26.0 Å². The predicted octanol–water partition coefficient (Wildman–Crippen LogP) is 1.02. The van der Waals surface area contributed by atoms with Crippen LogP contribution in [0.25, 0.3) is 0 Å². The molecule has 152 valence electrons. The fourth-order valence-corrected chi connectivity index (χ4v) is 4.25. The van der Waals surface area contributed by atoms with Gasteiger partial charge in [-0.25, -0.2) is 26.4 Å². The normalized spacial score (nSPS) is 14.3. The highest BCUT2D eigenvalue weighted by Crippen LogP contribution is 2.17. The van der Waals surface area contributed by atoms with Crippen molar-refractivity contribution in [1.29, 1.82) is 0 Å². The SMILES string of the molecule is CC(NC(=O)[C@H](C)NS(=O)(=O)c1ccccc1F)c1cccc(S(N)(=O)=O)c1. The maximum atomic E-state index is 13.7. The quantitative estimate of drug-likeness (QED) is 0.604. The highest BCUT2D eigenvalue weighted by molar-refractivity contribution is 7.89. The number of benzene rings is 2. The van der Waals surface area contributed by atoms with Crippen molar-refractivity contribution in [2.24, 2.45) is 5.14 Å². The van der Waals surface area contributed by atoms with Gasteiger partial charge in [0.1, 0.15) is 10.7 Å². The molecule has 2 aromatic carbocycles. The first-order valence-electron chi connectivity index (χ1n) is 8.12. The lowest BCUT2D eigenvalue weighted by atomic mass is 10.1. The lowest BCUT2D eigenvalue weighted by Crippen LogP contribution is -2.45. The van der Waals surface area contributed by atoms with Crippen LogP contribution in [0.5, 0.6) is 0 Å². The monoisotopic (exact) mass is 429 g/mol. The van der Waals surface area contributed by atoms with Crippen LogP contribution in [-0.2, 0) is 24.8 Å². The Labute approximate surface area is 163 Å². The molecule has 2 rings (SSSR count). The highest BCUT2D eigenvalue weighted by Gasteiger charge is 2.25. The molecule has 2 aromatic rings. The number of rotatable bonds is 7. The Morgan fingerprint density at radius 1 is 1.04 bits per heavy atom. The van der Waals surface area contributed by atoms with Gasteiger partial charge in [0, 0.05) is 0 Å². The van der Waals surface area contributed by atoms with E-state index in [4.69, 9.17) is 5.14 Å². The van der Waals surface area contributed by atoms with Gasteiger partial charge in [-0.05, 0) is 43.7 Å². The number of amides is 1. The van der Waals surface area contributed by atoms with Gasteiger partial charge < -0.3 is 5.32 Å². The molecule has 2 atom stereocenters. The second-order valence-electron chi connectivity index (χ2n) is 6.12. The van der Waals surface area contributed by atoms with Crippen LogP contribution in [0.3, 0.4) is 0 Å². The fraction of sp³-hybridized carbons (Fsp3) is 0.235. The van der Waals surface area contributed by atoms with Gasteiger partial charge in [0.2, 0.25) is 26.0 Å². The Balaban J connectivity index is 2.11. The molecule has 0 heterocycles. The molecule has 0 saturated heterocycles. The summed E-state index contributed by atoms with van der Waals surface area (Å²) >= 11 is 0. The summed E-state index contributed by atoms with van der Waals surface area (Å²) in [7, 11) is -8.15.